The summed E-state index contributed by atoms with van der Waals surface area (Å²) in [5.74, 6) is -0.678. The van der Waals surface area contributed by atoms with E-state index in [4.69, 9.17) is 9.90 Å². The number of amides is 3. The largest absolute Gasteiger partial charge is 0.483 e. The molecule has 4 N–H and O–H groups in total. The van der Waals surface area contributed by atoms with Gasteiger partial charge in [0.25, 0.3) is 6.47 Å². The third kappa shape index (κ3) is 7.97. The Morgan fingerprint density at radius 2 is 1.87 bits per heavy atom. The van der Waals surface area contributed by atoms with E-state index < -0.39 is 18.1 Å². The van der Waals surface area contributed by atoms with Crippen molar-refractivity contribution in [3.05, 3.63) is 30.1 Å². The number of hydrogen-bond donors (Lipinski definition) is 4. The Labute approximate surface area is 182 Å². The van der Waals surface area contributed by atoms with E-state index >= 15 is 0 Å². The minimum absolute atomic E-state index is 0.0818. The van der Waals surface area contributed by atoms with Crippen molar-refractivity contribution in [3.63, 3.8) is 0 Å². The van der Waals surface area contributed by atoms with Gasteiger partial charge in [-0.05, 0) is 50.4 Å². The van der Waals surface area contributed by atoms with Gasteiger partial charge in [0, 0.05) is 25.5 Å². The SMILES string of the molecule is CN[C@@H](C)C(=O)N[C@H](C(=O)N1CCC[C@H]1C(=O)NCc1ccncc1)C(C)C.O=CO. The van der Waals surface area contributed by atoms with Crippen LogP contribution in [-0.2, 0) is 25.7 Å². The molecule has 1 aliphatic heterocycles. The van der Waals surface area contributed by atoms with Crippen LogP contribution in [0.1, 0.15) is 39.2 Å². The maximum atomic E-state index is 13.1. The van der Waals surface area contributed by atoms with Gasteiger partial charge in [0.2, 0.25) is 17.7 Å². The molecule has 172 valence electrons. The van der Waals surface area contributed by atoms with E-state index in [-0.39, 0.29) is 30.1 Å². The molecule has 31 heavy (non-hydrogen) atoms. The van der Waals surface area contributed by atoms with Crippen LogP contribution in [0, 0.1) is 5.92 Å². The molecule has 1 fully saturated rings. The molecule has 3 atom stereocenters. The molecule has 1 aromatic rings. The molecule has 10 heteroatoms. The van der Waals surface area contributed by atoms with Crippen molar-refractivity contribution in [2.75, 3.05) is 13.6 Å². The molecule has 10 nitrogen and oxygen atoms in total. The van der Waals surface area contributed by atoms with Crippen LogP contribution in [0.5, 0.6) is 0 Å². The van der Waals surface area contributed by atoms with Gasteiger partial charge >= 0.3 is 0 Å². The summed E-state index contributed by atoms with van der Waals surface area (Å²) in [6.45, 7) is 6.18. The van der Waals surface area contributed by atoms with Crippen molar-refractivity contribution in [1.29, 1.82) is 0 Å². The number of carboxylic acid groups (broad SMARTS) is 1. The second-order valence-corrected chi connectivity index (χ2v) is 7.61. The number of carbonyl (C=O) groups is 4. The molecule has 0 saturated carbocycles. The van der Waals surface area contributed by atoms with Crippen molar-refractivity contribution in [3.8, 4) is 0 Å². The van der Waals surface area contributed by atoms with E-state index in [0.717, 1.165) is 12.0 Å². The van der Waals surface area contributed by atoms with Crippen LogP contribution in [0.15, 0.2) is 24.5 Å². The van der Waals surface area contributed by atoms with Gasteiger partial charge in [-0.2, -0.15) is 0 Å². The summed E-state index contributed by atoms with van der Waals surface area (Å²) in [6, 6.07) is 2.12. The van der Waals surface area contributed by atoms with Crippen LogP contribution in [-0.4, -0.2) is 70.9 Å². The van der Waals surface area contributed by atoms with E-state index in [2.05, 4.69) is 20.9 Å². The van der Waals surface area contributed by atoms with Gasteiger partial charge in [-0.15, -0.1) is 0 Å². The molecule has 1 aliphatic rings. The number of aromatic nitrogens is 1. The molecule has 0 spiro atoms. The first-order valence-corrected chi connectivity index (χ1v) is 10.3. The van der Waals surface area contributed by atoms with E-state index in [1.165, 1.54) is 0 Å². The third-order valence-electron chi connectivity index (χ3n) is 5.11. The fourth-order valence-corrected chi connectivity index (χ4v) is 3.21. The van der Waals surface area contributed by atoms with E-state index in [0.29, 0.717) is 19.5 Å². The number of rotatable bonds is 8. The fourth-order valence-electron chi connectivity index (χ4n) is 3.21. The quantitative estimate of drug-likeness (QED) is 0.426. The Balaban J connectivity index is 0.00000151. The monoisotopic (exact) mass is 435 g/mol. The number of nitrogens with zero attached hydrogens (tertiary/aromatic N) is 2. The van der Waals surface area contributed by atoms with Crippen LogP contribution >= 0.6 is 0 Å². The van der Waals surface area contributed by atoms with Gasteiger partial charge in [-0.1, -0.05) is 13.8 Å². The summed E-state index contributed by atoms with van der Waals surface area (Å²) in [6.07, 6.45) is 4.74. The van der Waals surface area contributed by atoms with Gasteiger partial charge in [-0.25, -0.2) is 0 Å². The highest BCUT2D eigenvalue weighted by Crippen LogP contribution is 2.20. The zero-order valence-electron chi connectivity index (χ0n) is 18.5. The van der Waals surface area contributed by atoms with Gasteiger partial charge in [-0.3, -0.25) is 24.2 Å². The summed E-state index contributed by atoms with van der Waals surface area (Å²) in [5, 5.41) is 15.5. The molecular weight excluding hydrogens is 402 g/mol. The number of likely N-dealkylation sites (N-methyl/N-ethyl adjacent to an activating group) is 1. The van der Waals surface area contributed by atoms with Crippen molar-refractivity contribution >= 4 is 24.2 Å². The lowest BCUT2D eigenvalue weighted by molar-refractivity contribution is -0.142. The molecule has 0 bridgehead atoms. The summed E-state index contributed by atoms with van der Waals surface area (Å²) in [4.78, 5) is 52.0. The lowest BCUT2D eigenvalue weighted by atomic mass is 10.0. The molecule has 0 unspecified atom stereocenters. The Morgan fingerprint density at radius 1 is 1.26 bits per heavy atom. The Kier molecular flexibility index (Phi) is 11.2. The molecular formula is C21H33N5O5. The first-order chi connectivity index (χ1) is 14.8. The lowest BCUT2D eigenvalue weighted by Crippen LogP contribution is -2.57. The molecule has 2 heterocycles. The van der Waals surface area contributed by atoms with Crippen molar-refractivity contribution in [1.82, 2.24) is 25.8 Å². The molecule has 1 aromatic heterocycles. The highest BCUT2D eigenvalue weighted by molar-refractivity contribution is 5.93. The maximum Gasteiger partial charge on any atom is 0.290 e. The number of nitrogens with one attached hydrogen (secondary N) is 3. The van der Waals surface area contributed by atoms with Crippen LogP contribution in [0.3, 0.4) is 0 Å². The van der Waals surface area contributed by atoms with Gasteiger partial charge in [0.15, 0.2) is 0 Å². The second-order valence-electron chi connectivity index (χ2n) is 7.61. The van der Waals surface area contributed by atoms with Crippen LogP contribution in [0.2, 0.25) is 0 Å². The average Bonchev–Trinajstić information content (AvgIpc) is 3.25. The molecule has 3 amide bonds. The summed E-state index contributed by atoms with van der Waals surface area (Å²) in [5.41, 5.74) is 0.951. The van der Waals surface area contributed by atoms with Gasteiger partial charge in [0.1, 0.15) is 12.1 Å². The van der Waals surface area contributed by atoms with E-state index in [9.17, 15) is 14.4 Å². The average molecular weight is 436 g/mol. The minimum atomic E-state index is -0.656. The standard InChI is InChI=1S/C20H31N5O3.CH2O2/c1-13(2)17(24-18(26)14(3)21-4)20(28)25-11-5-6-16(25)19(27)23-12-15-7-9-22-10-8-15;2-1-3/h7-10,13-14,16-17,21H,5-6,11-12H2,1-4H3,(H,23,27)(H,24,26);1H,(H,2,3)/t14-,16-,17-;/m0./s1. The molecule has 1 saturated heterocycles. The number of carbonyl (C=O) groups excluding carboxylic acids is 3. The Morgan fingerprint density at radius 3 is 2.42 bits per heavy atom. The maximum absolute atomic E-state index is 13.1. The van der Waals surface area contributed by atoms with Crippen molar-refractivity contribution in [2.24, 2.45) is 5.92 Å². The van der Waals surface area contributed by atoms with E-state index in [1.807, 2.05) is 26.0 Å². The van der Waals surface area contributed by atoms with Crippen molar-refractivity contribution < 1.29 is 24.3 Å². The third-order valence-corrected chi connectivity index (χ3v) is 5.11. The molecule has 0 aliphatic carbocycles. The van der Waals surface area contributed by atoms with E-state index in [1.54, 1.807) is 31.3 Å². The van der Waals surface area contributed by atoms with Crippen LogP contribution < -0.4 is 16.0 Å². The first kappa shape index (κ1) is 26.0. The predicted molar refractivity (Wildman–Crippen MR) is 115 cm³/mol. The zero-order chi connectivity index (χ0) is 23.4. The lowest BCUT2D eigenvalue weighted by Gasteiger charge is -2.31. The second kappa shape index (κ2) is 13.3. The number of pyridine rings is 1. The highest BCUT2D eigenvalue weighted by Gasteiger charge is 2.38. The minimum Gasteiger partial charge on any atom is -0.483 e. The summed E-state index contributed by atoms with van der Waals surface area (Å²) < 4.78 is 0. The van der Waals surface area contributed by atoms with Crippen LogP contribution in [0.25, 0.3) is 0 Å². The molecule has 0 radical (unpaired) electrons. The smallest absolute Gasteiger partial charge is 0.290 e. The first-order valence-electron chi connectivity index (χ1n) is 10.3. The number of hydrogen-bond acceptors (Lipinski definition) is 6. The summed E-state index contributed by atoms with van der Waals surface area (Å²) in [7, 11) is 1.69. The van der Waals surface area contributed by atoms with Crippen LogP contribution in [0.4, 0.5) is 0 Å². The molecule has 2 rings (SSSR count). The fraction of sp³-hybridized carbons (Fsp3) is 0.571. The highest BCUT2D eigenvalue weighted by atomic mass is 16.3. The summed E-state index contributed by atoms with van der Waals surface area (Å²) >= 11 is 0. The normalized spacial score (nSPS) is 17.2. The zero-order valence-corrected chi connectivity index (χ0v) is 18.5. The molecule has 0 aromatic carbocycles. The van der Waals surface area contributed by atoms with Gasteiger partial charge < -0.3 is 26.0 Å². The Bertz CT molecular complexity index is 728. The Hall–Kier alpha value is -3.01. The number of likely N-dealkylation sites (tertiary alicyclic amines) is 1. The van der Waals surface area contributed by atoms with Gasteiger partial charge in [0.05, 0.1) is 6.04 Å². The predicted octanol–water partition coefficient (Wildman–Crippen LogP) is 0.138. The van der Waals surface area contributed by atoms with Crippen molar-refractivity contribution in [2.45, 2.75) is 58.3 Å². The topological polar surface area (TPSA) is 141 Å².